The Hall–Kier alpha value is -3.89. The number of aliphatic carboxylic acids is 2. The highest BCUT2D eigenvalue weighted by Crippen LogP contribution is 2.28. The van der Waals surface area contributed by atoms with Crippen LogP contribution in [0.1, 0.15) is 16.8 Å². The first-order valence-corrected chi connectivity index (χ1v) is 7.59. The number of carboxylic acid groups (broad SMARTS) is 2. The molecule has 146 valence electrons. The van der Waals surface area contributed by atoms with Gasteiger partial charge in [0.2, 0.25) is 0 Å². The molecular weight excluding hydrogens is 382 g/mol. The highest BCUT2D eigenvalue weighted by Gasteiger charge is 2.27. The van der Waals surface area contributed by atoms with Crippen LogP contribution in [0.25, 0.3) is 11.1 Å². The maximum absolute atomic E-state index is 13.4. The van der Waals surface area contributed by atoms with Crippen LogP contribution < -0.4 is 5.32 Å². The number of hydrogen-bond acceptors (Lipinski definition) is 5. The van der Waals surface area contributed by atoms with Gasteiger partial charge in [-0.15, -0.1) is 0 Å². The molecule has 11 heteroatoms. The minimum atomic E-state index is -1.80. The molecule has 0 bridgehead atoms. The van der Waals surface area contributed by atoms with Crippen LogP contribution >= 0.6 is 0 Å². The van der Waals surface area contributed by atoms with Crippen molar-refractivity contribution in [3.05, 3.63) is 63.7 Å². The van der Waals surface area contributed by atoms with Gasteiger partial charge < -0.3 is 15.5 Å². The van der Waals surface area contributed by atoms with Gasteiger partial charge in [0.1, 0.15) is 11.6 Å². The van der Waals surface area contributed by atoms with E-state index in [9.17, 15) is 33.3 Å². The third kappa shape index (κ3) is 4.63. The smallest absolute Gasteiger partial charge is 0.326 e. The maximum Gasteiger partial charge on any atom is 0.326 e. The average molecular weight is 394 g/mol. The Morgan fingerprint density at radius 2 is 1.64 bits per heavy atom. The monoisotopic (exact) mass is 394 g/mol. The molecule has 1 amide bonds. The molecule has 0 heterocycles. The number of hydrogen-bond donors (Lipinski definition) is 3. The molecule has 0 fully saturated rings. The van der Waals surface area contributed by atoms with Crippen LogP contribution in [0.15, 0.2) is 36.4 Å². The molecule has 0 saturated heterocycles. The number of nitro groups is 1. The van der Waals surface area contributed by atoms with Crippen molar-refractivity contribution in [1.82, 2.24) is 5.32 Å². The molecule has 28 heavy (non-hydrogen) atoms. The van der Waals surface area contributed by atoms with E-state index >= 15 is 0 Å². The summed E-state index contributed by atoms with van der Waals surface area (Å²) in [4.78, 5) is 44.4. The molecule has 0 unspecified atom stereocenters. The quantitative estimate of drug-likeness (QED) is 0.482. The molecule has 0 spiro atoms. The predicted molar refractivity (Wildman–Crippen MR) is 89.6 cm³/mol. The second kappa shape index (κ2) is 8.20. The van der Waals surface area contributed by atoms with Gasteiger partial charge in [-0.3, -0.25) is 19.7 Å². The summed E-state index contributed by atoms with van der Waals surface area (Å²) in [6.07, 6.45) is -0.929. The molecule has 9 nitrogen and oxygen atoms in total. The van der Waals surface area contributed by atoms with E-state index < -0.39 is 58.1 Å². The summed E-state index contributed by atoms with van der Waals surface area (Å²) in [5.41, 5.74) is -1.02. The number of amides is 1. The Bertz CT molecular complexity index is 978. The summed E-state index contributed by atoms with van der Waals surface area (Å²) in [6, 6.07) is 4.21. The van der Waals surface area contributed by atoms with E-state index in [1.54, 1.807) is 0 Å². The minimum Gasteiger partial charge on any atom is -0.481 e. The number of carbonyl (C=O) groups is 3. The number of benzene rings is 2. The van der Waals surface area contributed by atoms with Gasteiger partial charge in [0.05, 0.1) is 11.3 Å². The molecule has 2 aromatic carbocycles. The number of nitrogens with one attached hydrogen (secondary N) is 1. The molecule has 2 rings (SSSR count). The molecule has 0 aromatic heterocycles. The normalized spacial score (nSPS) is 11.5. The molecule has 0 radical (unpaired) electrons. The third-order valence-corrected chi connectivity index (χ3v) is 3.67. The van der Waals surface area contributed by atoms with Crippen LogP contribution in [-0.2, 0) is 9.59 Å². The van der Waals surface area contributed by atoms with E-state index in [4.69, 9.17) is 10.2 Å². The van der Waals surface area contributed by atoms with Crippen LogP contribution in [0.3, 0.4) is 0 Å². The van der Waals surface area contributed by atoms with Crippen molar-refractivity contribution < 1.29 is 38.3 Å². The first-order valence-electron chi connectivity index (χ1n) is 7.59. The Kier molecular flexibility index (Phi) is 5.98. The van der Waals surface area contributed by atoms with Crippen LogP contribution in [0.4, 0.5) is 14.5 Å². The maximum atomic E-state index is 13.4. The standard InChI is InChI=1S/C17H12F2N2O7/c18-11-4-2-8(5-12(11)19)9-1-3-10(14(6-9)21(27)28)16(24)20-13(17(25)26)7-15(22)23/h1-6,13H,7H2,(H,20,24)(H,22,23)(H,25,26)/t13-/m1/s1. The van der Waals surface area contributed by atoms with E-state index in [-0.39, 0.29) is 11.1 Å². The van der Waals surface area contributed by atoms with Crippen LogP contribution in [-0.4, -0.2) is 39.0 Å². The highest BCUT2D eigenvalue weighted by molar-refractivity contribution is 6.01. The number of rotatable bonds is 7. The fourth-order valence-corrected chi connectivity index (χ4v) is 2.34. The summed E-state index contributed by atoms with van der Waals surface area (Å²) in [6.45, 7) is 0. The molecule has 0 aliphatic heterocycles. The lowest BCUT2D eigenvalue weighted by molar-refractivity contribution is -0.385. The Labute approximate surface area is 155 Å². The van der Waals surface area contributed by atoms with Crippen molar-refractivity contribution in [3.8, 4) is 11.1 Å². The van der Waals surface area contributed by atoms with Gasteiger partial charge in [0.25, 0.3) is 11.6 Å². The summed E-state index contributed by atoms with van der Waals surface area (Å²) in [7, 11) is 0. The van der Waals surface area contributed by atoms with Gasteiger partial charge >= 0.3 is 11.9 Å². The molecule has 0 saturated carbocycles. The highest BCUT2D eigenvalue weighted by atomic mass is 19.2. The van der Waals surface area contributed by atoms with Gasteiger partial charge in [-0.25, -0.2) is 13.6 Å². The lowest BCUT2D eigenvalue weighted by atomic mass is 10.0. The van der Waals surface area contributed by atoms with Crippen LogP contribution in [0.5, 0.6) is 0 Å². The Morgan fingerprint density at radius 3 is 2.18 bits per heavy atom. The largest absolute Gasteiger partial charge is 0.481 e. The molecule has 3 N–H and O–H groups in total. The van der Waals surface area contributed by atoms with E-state index in [0.29, 0.717) is 0 Å². The zero-order chi connectivity index (χ0) is 21.0. The molecule has 0 aliphatic carbocycles. The van der Waals surface area contributed by atoms with Gasteiger partial charge in [0.15, 0.2) is 11.6 Å². The predicted octanol–water partition coefficient (Wildman–Crippen LogP) is 2.20. The summed E-state index contributed by atoms with van der Waals surface area (Å²) in [5.74, 6) is -6.56. The average Bonchev–Trinajstić information content (AvgIpc) is 2.62. The molecule has 2 aromatic rings. The van der Waals surface area contributed by atoms with Gasteiger partial charge in [0, 0.05) is 6.07 Å². The first kappa shape index (κ1) is 20.4. The van der Waals surface area contributed by atoms with Crippen molar-refractivity contribution in [1.29, 1.82) is 0 Å². The van der Waals surface area contributed by atoms with E-state index in [0.717, 1.165) is 24.3 Å². The van der Waals surface area contributed by atoms with Crippen molar-refractivity contribution >= 4 is 23.5 Å². The number of carboxylic acids is 2. The fraction of sp³-hybridized carbons (Fsp3) is 0.118. The van der Waals surface area contributed by atoms with E-state index in [1.165, 1.54) is 12.1 Å². The number of nitro benzene ring substituents is 1. The number of carbonyl (C=O) groups excluding carboxylic acids is 1. The summed E-state index contributed by atoms with van der Waals surface area (Å²) < 4.78 is 26.4. The van der Waals surface area contributed by atoms with Crippen molar-refractivity contribution in [2.24, 2.45) is 0 Å². The minimum absolute atomic E-state index is 0.113. The third-order valence-electron chi connectivity index (χ3n) is 3.67. The molecule has 0 aliphatic rings. The lowest BCUT2D eigenvalue weighted by Crippen LogP contribution is -2.42. The second-order valence-corrected chi connectivity index (χ2v) is 5.58. The van der Waals surface area contributed by atoms with Crippen LogP contribution in [0, 0.1) is 21.7 Å². The molecular formula is C17H12F2N2O7. The van der Waals surface area contributed by atoms with Crippen molar-refractivity contribution in [2.45, 2.75) is 12.5 Å². The van der Waals surface area contributed by atoms with E-state index in [2.05, 4.69) is 0 Å². The topological polar surface area (TPSA) is 147 Å². The number of halogens is 2. The molecule has 1 atom stereocenters. The van der Waals surface area contributed by atoms with Crippen LogP contribution in [0.2, 0.25) is 0 Å². The summed E-state index contributed by atoms with van der Waals surface area (Å²) in [5, 5.41) is 30.9. The van der Waals surface area contributed by atoms with E-state index in [1.807, 2.05) is 5.32 Å². The van der Waals surface area contributed by atoms with Gasteiger partial charge in [-0.2, -0.15) is 0 Å². The van der Waals surface area contributed by atoms with Gasteiger partial charge in [-0.05, 0) is 29.3 Å². The Balaban J connectivity index is 2.40. The van der Waals surface area contributed by atoms with Crippen molar-refractivity contribution in [2.75, 3.05) is 0 Å². The zero-order valence-electron chi connectivity index (χ0n) is 13.9. The van der Waals surface area contributed by atoms with Crippen molar-refractivity contribution in [3.63, 3.8) is 0 Å². The SMILES string of the molecule is O=C(O)C[C@@H](NC(=O)c1ccc(-c2ccc(F)c(F)c2)cc1[N+](=O)[O-])C(=O)O. The lowest BCUT2D eigenvalue weighted by Gasteiger charge is -2.13. The second-order valence-electron chi connectivity index (χ2n) is 5.58. The Morgan fingerprint density at radius 1 is 1.04 bits per heavy atom. The summed E-state index contributed by atoms with van der Waals surface area (Å²) >= 11 is 0. The first-order chi connectivity index (χ1) is 13.1. The zero-order valence-corrected chi connectivity index (χ0v) is 13.9. The number of nitrogens with zero attached hydrogens (tertiary/aromatic N) is 1. The van der Waals surface area contributed by atoms with Gasteiger partial charge in [-0.1, -0.05) is 12.1 Å². The fourth-order valence-electron chi connectivity index (χ4n) is 2.34.